The minimum atomic E-state index is -0.302. The molecule has 8 nitrogen and oxygen atoms in total. The zero-order valence-electron chi connectivity index (χ0n) is 20.0. The van der Waals surface area contributed by atoms with Crippen molar-refractivity contribution in [2.75, 3.05) is 41.7 Å². The van der Waals surface area contributed by atoms with E-state index < -0.39 is 0 Å². The number of piperazine rings is 1. The molecule has 3 heterocycles. The van der Waals surface area contributed by atoms with Crippen molar-refractivity contribution < 1.29 is 9.18 Å². The Balaban J connectivity index is 1.35. The fourth-order valence-electron chi connectivity index (χ4n) is 4.00. The minimum absolute atomic E-state index is 0.0961. The maximum absolute atomic E-state index is 13.9. The molecular formula is C25H28FN7OS. The average Bonchev–Trinajstić information content (AvgIpc) is 3.38. The fourth-order valence-corrected chi connectivity index (χ4v) is 4.95. The average molecular weight is 494 g/mol. The van der Waals surface area contributed by atoms with Crippen LogP contribution in [0, 0.1) is 5.82 Å². The van der Waals surface area contributed by atoms with E-state index in [0.717, 1.165) is 21.6 Å². The molecule has 5 rings (SSSR count). The van der Waals surface area contributed by atoms with Gasteiger partial charge in [0, 0.05) is 43.0 Å². The van der Waals surface area contributed by atoms with Crippen molar-refractivity contribution in [2.24, 2.45) is 0 Å². The van der Waals surface area contributed by atoms with E-state index in [9.17, 15) is 9.18 Å². The summed E-state index contributed by atoms with van der Waals surface area (Å²) >= 11 is 1.49. The van der Waals surface area contributed by atoms with Gasteiger partial charge in [0.05, 0.1) is 0 Å². The van der Waals surface area contributed by atoms with Crippen LogP contribution in [-0.2, 0) is 0 Å². The molecule has 1 saturated heterocycles. The number of amides is 2. The molecule has 1 fully saturated rings. The van der Waals surface area contributed by atoms with Crippen molar-refractivity contribution in [3.63, 3.8) is 0 Å². The van der Waals surface area contributed by atoms with Gasteiger partial charge in [0.25, 0.3) is 0 Å². The monoisotopic (exact) mass is 493 g/mol. The Morgan fingerprint density at radius 3 is 2.46 bits per heavy atom. The van der Waals surface area contributed by atoms with Crippen LogP contribution in [0.5, 0.6) is 0 Å². The van der Waals surface area contributed by atoms with Crippen molar-refractivity contribution >= 4 is 39.0 Å². The number of anilines is 3. The molecule has 2 amide bonds. The maximum Gasteiger partial charge on any atom is 0.321 e. The van der Waals surface area contributed by atoms with E-state index in [2.05, 4.69) is 36.3 Å². The van der Waals surface area contributed by atoms with Gasteiger partial charge in [-0.05, 0) is 45.0 Å². The minimum Gasteiger partial charge on any atom is -0.364 e. The van der Waals surface area contributed by atoms with Crippen LogP contribution in [-0.4, -0.2) is 57.2 Å². The largest absolute Gasteiger partial charge is 0.364 e. The summed E-state index contributed by atoms with van der Waals surface area (Å²) in [5.74, 6) is 0.435. The van der Waals surface area contributed by atoms with Gasteiger partial charge in [-0.2, -0.15) is 4.52 Å². The van der Waals surface area contributed by atoms with Gasteiger partial charge in [0.15, 0.2) is 5.82 Å². The maximum atomic E-state index is 13.9. The molecule has 0 radical (unpaired) electrons. The van der Waals surface area contributed by atoms with E-state index in [0.29, 0.717) is 37.4 Å². The van der Waals surface area contributed by atoms with Crippen molar-refractivity contribution in [1.29, 1.82) is 0 Å². The molecule has 1 aliphatic rings. The summed E-state index contributed by atoms with van der Waals surface area (Å²) in [5, 5.41) is 12.1. The third kappa shape index (κ3) is 5.07. The number of carbonyl (C=O) groups is 1. The lowest BCUT2D eigenvalue weighted by molar-refractivity contribution is 0.208. The molecule has 0 aliphatic carbocycles. The van der Waals surface area contributed by atoms with Crippen molar-refractivity contribution in [3.05, 3.63) is 60.4 Å². The Labute approximate surface area is 207 Å². The van der Waals surface area contributed by atoms with Crippen LogP contribution < -0.4 is 15.5 Å². The van der Waals surface area contributed by atoms with Crippen LogP contribution in [0.15, 0.2) is 54.6 Å². The number of halogens is 1. The molecule has 2 N–H and O–H groups in total. The molecule has 1 aliphatic heterocycles. The molecule has 0 atom stereocenters. The Bertz CT molecular complexity index is 1340. The van der Waals surface area contributed by atoms with Crippen molar-refractivity contribution in [2.45, 2.75) is 26.3 Å². The third-order valence-corrected chi connectivity index (χ3v) is 6.62. The lowest BCUT2D eigenvalue weighted by Gasteiger charge is -2.34. The smallest absolute Gasteiger partial charge is 0.321 e. The predicted octanol–water partition coefficient (Wildman–Crippen LogP) is 5.16. The molecule has 2 aromatic heterocycles. The van der Waals surface area contributed by atoms with Crippen LogP contribution in [0.1, 0.15) is 20.8 Å². The highest BCUT2D eigenvalue weighted by Gasteiger charge is 2.26. The highest BCUT2D eigenvalue weighted by Crippen LogP contribution is 2.35. The summed E-state index contributed by atoms with van der Waals surface area (Å²) < 4.78 is 15.7. The van der Waals surface area contributed by atoms with E-state index >= 15 is 0 Å². The Kier molecular flexibility index (Phi) is 6.06. The van der Waals surface area contributed by atoms with Crippen LogP contribution in [0.2, 0.25) is 0 Å². The Morgan fingerprint density at radius 2 is 1.77 bits per heavy atom. The number of hydrogen-bond acceptors (Lipinski definition) is 6. The SMILES string of the molecule is CC(C)(C)Nc1c(-c2cccc(F)c2)nc2sc(N3CCN(C(=O)Nc4ccccc4)CC3)nn12. The van der Waals surface area contributed by atoms with E-state index in [1.54, 1.807) is 10.6 Å². The van der Waals surface area contributed by atoms with E-state index in [1.807, 2.05) is 41.3 Å². The molecule has 10 heteroatoms. The summed E-state index contributed by atoms with van der Waals surface area (Å²) in [4.78, 5) is 22.1. The number of nitrogens with one attached hydrogen (secondary N) is 2. The Morgan fingerprint density at radius 1 is 1.03 bits per heavy atom. The summed E-state index contributed by atoms with van der Waals surface area (Å²) in [5.41, 5.74) is 1.93. The predicted molar refractivity (Wildman–Crippen MR) is 139 cm³/mol. The second kappa shape index (κ2) is 9.18. The number of fused-ring (bicyclic) bond motifs is 1. The lowest BCUT2D eigenvalue weighted by atomic mass is 10.1. The second-order valence-electron chi connectivity index (χ2n) is 9.54. The summed E-state index contributed by atoms with van der Waals surface area (Å²) in [7, 11) is 0. The topological polar surface area (TPSA) is 77.8 Å². The fraction of sp³-hybridized carbons (Fsp3) is 0.320. The summed E-state index contributed by atoms with van der Waals surface area (Å²) in [6, 6.07) is 15.8. The van der Waals surface area contributed by atoms with Gasteiger partial charge in [-0.15, -0.1) is 5.10 Å². The van der Waals surface area contributed by atoms with Gasteiger partial charge in [0.2, 0.25) is 10.1 Å². The van der Waals surface area contributed by atoms with Gasteiger partial charge in [0.1, 0.15) is 11.5 Å². The van der Waals surface area contributed by atoms with Crippen LogP contribution in [0.25, 0.3) is 16.2 Å². The molecule has 35 heavy (non-hydrogen) atoms. The first kappa shape index (κ1) is 23.1. The second-order valence-corrected chi connectivity index (χ2v) is 10.5. The van der Waals surface area contributed by atoms with Gasteiger partial charge >= 0.3 is 6.03 Å². The summed E-state index contributed by atoms with van der Waals surface area (Å²) in [6.45, 7) is 8.75. The molecule has 0 unspecified atom stereocenters. The number of aromatic nitrogens is 3. The lowest BCUT2D eigenvalue weighted by Crippen LogP contribution is -2.50. The standard InChI is InChI=1S/C25H28FN7OS/c1-25(2,3)29-21-20(17-8-7-9-18(26)16-17)28-23-33(21)30-24(35-23)32-14-12-31(13-15-32)22(34)27-19-10-5-4-6-11-19/h4-11,16,29H,12-15H2,1-3H3,(H,27,34). The third-order valence-electron chi connectivity index (χ3n) is 5.65. The molecule has 0 spiro atoms. The van der Waals surface area contributed by atoms with E-state index in [-0.39, 0.29) is 17.4 Å². The molecule has 0 bridgehead atoms. The number of rotatable bonds is 4. The number of para-hydroxylation sites is 1. The van der Waals surface area contributed by atoms with Crippen LogP contribution >= 0.6 is 11.3 Å². The van der Waals surface area contributed by atoms with Gasteiger partial charge in [-0.3, -0.25) is 0 Å². The zero-order valence-corrected chi connectivity index (χ0v) is 20.8. The molecule has 182 valence electrons. The molecule has 2 aromatic carbocycles. The highest BCUT2D eigenvalue weighted by atomic mass is 32.1. The number of benzene rings is 2. The molecule has 0 saturated carbocycles. The number of hydrogen-bond donors (Lipinski definition) is 2. The van der Waals surface area contributed by atoms with Crippen LogP contribution in [0.3, 0.4) is 0 Å². The van der Waals surface area contributed by atoms with Gasteiger partial charge in [-0.1, -0.05) is 41.7 Å². The first-order valence-electron chi connectivity index (χ1n) is 11.6. The quantitative estimate of drug-likeness (QED) is 0.411. The number of urea groups is 1. The van der Waals surface area contributed by atoms with E-state index in [4.69, 9.17) is 10.1 Å². The zero-order chi connectivity index (χ0) is 24.6. The first-order valence-corrected chi connectivity index (χ1v) is 12.4. The van der Waals surface area contributed by atoms with Gasteiger partial charge < -0.3 is 20.4 Å². The first-order chi connectivity index (χ1) is 16.8. The van der Waals surface area contributed by atoms with Crippen LogP contribution in [0.4, 0.5) is 25.8 Å². The summed E-state index contributed by atoms with van der Waals surface area (Å²) in [6.07, 6.45) is 0. The van der Waals surface area contributed by atoms with E-state index in [1.165, 1.54) is 23.5 Å². The number of nitrogens with zero attached hydrogens (tertiary/aromatic N) is 5. The normalized spacial score (nSPS) is 14.4. The van der Waals surface area contributed by atoms with Gasteiger partial charge in [-0.25, -0.2) is 14.2 Å². The molecule has 4 aromatic rings. The number of imidazole rings is 1. The van der Waals surface area contributed by atoms with Crippen molar-refractivity contribution in [1.82, 2.24) is 19.5 Å². The highest BCUT2D eigenvalue weighted by molar-refractivity contribution is 7.20. The molecular weight excluding hydrogens is 465 g/mol. The van der Waals surface area contributed by atoms with Crippen molar-refractivity contribution in [3.8, 4) is 11.3 Å². The number of carbonyl (C=O) groups excluding carboxylic acids is 1. The Hall–Kier alpha value is -3.66.